The first-order valence-electron chi connectivity index (χ1n) is 9.71. The van der Waals surface area contributed by atoms with Gasteiger partial charge >= 0.3 is 5.97 Å². The Hall–Kier alpha value is -2.99. The molecular weight excluding hydrogens is 387 g/mol. The number of aryl methyl sites for hydroxylation is 1. The largest absolute Gasteiger partial charge is 0.496 e. The van der Waals surface area contributed by atoms with Crippen molar-refractivity contribution < 1.29 is 28.9 Å². The lowest BCUT2D eigenvalue weighted by atomic mass is 9.87. The number of Topliss-reactive ketones (excluding diaryl/α,β-unsaturated/α-hetero) is 1. The van der Waals surface area contributed by atoms with Crippen molar-refractivity contribution in [3.63, 3.8) is 0 Å². The Morgan fingerprint density at radius 2 is 1.83 bits per heavy atom. The number of carboxylic acids is 1. The van der Waals surface area contributed by atoms with Crippen molar-refractivity contribution in [3.05, 3.63) is 58.9 Å². The Kier molecular flexibility index (Phi) is 7.89. The highest BCUT2D eigenvalue weighted by molar-refractivity contribution is 5.95. The van der Waals surface area contributed by atoms with E-state index in [9.17, 15) is 19.1 Å². The van der Waals surface area contributed by atoms with E-state index in [1.165, 1.54) is 18.2 Å². The van der Waals surface area contributed by atoms with E-state index in [1.807, 2.05) is 26.8 Å². The molecule has 0 saturated heterocycles. The van der Waals surface area contributed by atoms with E-state index in [1.54, 1.807) is 25.3 Å². The average molecular weight is 414 g/mol. The summed E-state index contributed by atoms with van der Waals surface area (Å²) in [4.78, 5) is 22.3. The summed E-state index contributed by atoms with van der Waals surface area (Å²) in [7, 11) is 1.57. The maximum atomic E-state index is 13.5. The molecule has 0 aliphatic carbocycles. The summed E-state index contributed by atoms with van der Waals surface area (Å²) in [5.74, 6) is -1.33. The molecule has 0 amide bonds. The number of carbonyl (C=O) groups is 2. The fourth-order valence-corrected chi connectivity index (χ4v) is 3.41. The molecule has 0 radical (unpaired) electrons. The van der Waals surface area contributed by atoms with Crippen LogP contribution in [-0.2, 0) is 9.59 Å². The van der Waals surface area contributed by atoms with E-state index >= 15 is 0 Å². The van der Waals surface area contributed by atoms with Crippen molar-refractivity contribution >= 4 is 17.8 Å². The number of aliphatic hydroxyl groups excluding tert-OH is 1. The van der Waals surface area contributed by atoms with Gasteiger partial charge in [-0.2, -0.15) is 0 Å². The topological polar surface area (TPSA) is 83.8 Å². The van der Waals surface area contributed by atoms with Gasteiger partial charge in [-0.05, 0) is 47.2 Å². The predicted molar refractivity (Wildman–Crippen MR) is 114 cm³/mol. The molecule has 6 heteroatoms. The monoisotopic (exact) mass is 414 g/mol. The fourth-order valence-electron chi connectivity index (χ4n) is 3.41. The van der Waals surface area contributed by atoms with Gasteiger partial charge in [0.15, 0.2) is 0 Å². The minimum absolute atomic E-state index is 0.152. The van der Waals surface area contributed by atoms with Crippen LogP contribution in [0.4, 0.5) is 4.39 Å². The zero-order chi connectivity index (χ0) is 22.4. The van der Waals surface area contributed by atoms with E-state index in [0.717, 1.165) is 27.8 Å². The van der Waals surface area contributed by atoms with Gasteiger partial charge in [0.05, 0.1) is 13.2 Å². The predicted octanol–water partition coefficient (Wildman–Crippen LogP) is 4.74. The summed E-state index contributed by atoms with van der Waals surface area (Å²) in [5, 5.41) is 18.9. The van der Waals surface area contributed by atoms with Crippen molar-refractivity contribution in [2.24, 2.45) is 0 Å². The van der Waals surface area contributed by atoms with Gasteiger partial charge in [0.2, 0.25) is 0 Å². The fraction of sp³-hybridized carbons (Fsp3) is 0.333. The third-order valence-electron chi connectivity index (χ3n) is 4.77. The van der Waals surface area contributed by atoms with Gasteiger partial charge in [-0.25, -0.2) is 4.39 Å². The molecule has 0 spiro atoms. The minimum Gasteiger partial charge on any atom is -0.496 e. The molecule has 0 saturated carbocycles. The molecule has 0 aromatic heterocycles. The van der Waals surface area contributed by atoms with Gasteiger partial charge < -0.3 is 14.9 Å². The number of aliphatic hydroxyl groups is 1. The third kappa shape index (κ3) is 5.76. The molecule has 1 unspecified atom stereocenters. The number of rotatable bonds is 9. The smallest absolute Gasteiger partial charge is 0.310 e. The summed E-state index contributed by atoms with van der Waals surface area (Å²) < 4.78 is 19.1. The van der Waals surface area contributed by atoms with E-state index in [4.69, 9.17) is 9.84 Å². The molecule has 2 aromatic rings. The highest BCUT2D eigenvalue weighted by atomic mass is 19.1. The van der Waals surface area contributed by atoms with Gasteiger partial charge in [-0.3, -0.25) is 9.59 Å². The molecule has 0 bridgehead atoms. The molecule has 0 aliphatic rings. The molecule has 0 heterocycles. The van der Waals surface area contributed by atoms with Crippen LogP contribution in [0.3, 0.4) is 0 Å². The molecule has 30 heavy (non-hydrogen) atoms. The maximum Gasteiger partial charge on any atom is 0.310 e. The van der Waals surface area contributed by atoms with E-state index in [-0.39, 0.29) is 18.2 Å². The number of ether oxygens (including phenoxy) is 1. The number of ketones is 1. The zero-order valence-corrected chi connectivity index (χ0v) is 17.6. The van der Waals surface area contributed by atoms with E-state index in [2.05, 4.69) is 0 Å². The Balaban J connectivity index is 2.56. The second kappa shape index (κ2) is 10.2. The van der Waals surface area contributed by atoms with E-state index < -0.39 is 24.3 Å². The SMILES string of the molecule is COc1c(C)cc(C(C)C)c(/C=C/C(O)CC(=O)CC(=O)O)c1-c1ccc(F)cc1. The first-order chi connectivity index (χ1) is 14.1. The summed E-state index contributed by atoms with van der Waals surface area (Å²) >= 11 is 0. The number of methoxy groups -OCH3 is 1. The third-order valence-corrected chi connectivity index (χ3v) is 4.77. The number of aliphatic carboxylic acids is 1. The van der Waals surface area contributed by atoms with Crippen LogP contribution in [0, 0.1) is 12.7 Å². The quantitative estimate of drug-likeness (QED) is 0.579. The lowest BCUT2D eigenvalue weighted by molar-refractivity contribution is -0.140. The van der Waals surface area contributed by atoms with E-state index in [0.29, 0.717) is 5.75 Å². The minimum atomic E-state index is -1.22. The molecule has 2 rings (SSSR count). The lowest BCUT2D eigenvalue weighted by Gasteiger charge is -2.21. The van der Waals surface area contributed by atoms with Crippen LogP contribution in [-0.4, -0.2) is 35.2 Å². The zero-order valence-electron chi connectivity index (χ0n) is 17.6. The number of halogens is 1. The highest BCUT2D eigenvalue weighted by Gasteiger charge is 2.19. The molecule has 2 aromatic carbocycles. The van der Waals surface area contributed by atoms with Crippen LogP contribution < -0.4 is 4.74 Å². The lowest BCUT2D eigenvalue weighted by Crippen LogP contribution is -2.14. The van der Waals surface area contributed by atoms with Crippen LogP contribution in [0.15, 0.2) is 36.4 Å². The second-order valence-electron chi connectivity index (χ2n) is 7.51. The maximum absolute atomic E-state index is 13.5. The first kappa shape index (κ1) is 23.3. The van der Waals surface area contributed by atoms with Gasteiger partial charge in [0.1, 0.15) is 23.8 Å². The van der Waals surface area contributed by atoms with Crippen LogP contribution >= 0.6 is 0 Å². The van der Waals surface area contributed by atoms with Crippen LogP contribution in [0.2, 0.25) is 0 Å². The van der Waals surface area contributed by atoms with Crippen molar-refractivity contribution in [1.82, 2.24) is 0 Å². The number of hydrogen-bond acceptors (Lipinski definition) is 4. The standard InChI is InChI=1S/C24H27FO5/c1-14(2)21-11-15(3)24(30-4)23(16-5-7-17(25)8-6-16)20(21)10-9-18(26)12-19(27)13-22(28)29/h5-11,14,18,26H,12-13H2,1-4H3,(H,28,29)/b10-9+. The molecule has 1 atom stereocenters. The highest BCUT2D eigenvalue weighted by Crippen LogP contribution is 2.41. The number of carboxylic acid groups (broad SMARTS) is 1. The molecule has 0 fully saturated rings. The van der Waals surface area contributed by atoms with Gasteiger partial charge in [0, 0.05) is 12.0 Å². The molecular formula is C24H27FO5. The first-order valence-corrected chi connectivity index (χ1v) is 9.71. The number of benzene rings is 2. The molecule has 160 valence electrons. The van der Waals surface area contributed by atoms with Gasteiger partial charge in [0.25, 0.3) is 0 Å². The van der Waals surface area contributed by atoms with Gasteiger partial charge in [-0.15, -0.1) is 0 Å². The Bertz CT molecular complexity index is 945. The van der Waals surface area contributed by atoms with Crippen LogP contribution in [0.1, 0.15) is 49.3 Å². The molecule has 0 aliphatic heterocycles. The number of hydrogen-bond donors (Lipinski definition) is 2. The van der Waals surface area contributed by atoms with Crippen molar-refractivity contribution in [1.29, 1.82) is 0 Å². The summed E-state index contributed by atoms with van der Waals surface area (Å²) in [6.45, 7) is 6.02. The Morgan fingerprint density at radius 3 is 2.37 bits per heavy atom. The summed E-state index contributed by atoms with van der Waals surface area (Å²) in [5.41, 5.74) is 4.25. The molecule has 2 N–H and O–H groups in total. The normalized spacial score (nSPS) is 12.4. The van der Waals surface area contributed by atoms with Crippen molar-refractivity contribution in [2.75, 3.05) is 7.11 Å². The number of carbonyl (C=O) groups excluding carboxylic acids is 1. The van der Waals surface area contributed by atoms with Crippen LogP contribution in [0.25, 0.3) is 17.2 Å². The summed E-state index contributed by atoms with van der Waals surface area (Å²) in [6, 6.07) is 8.10. The average Bonchev–Trinajstić information content (AvgIpc) is 2.66. The van der Waals surface area contributed by atoms with Crippen molar-refractivity contribution in [3.8, 4) is 16.9 Å². The Labute approximate surface area is 175 Å². The van der Waals surface area contributed by atoms with Crippen molar-refractivity contribution in [2.45, 2.75) is 45.6 Å². The van der Waals surface area contributed by atoms with Gasteiger partial charge in [-0.1, -0.05) is 44.2 Å². The van der Waals surface area contributed by atoms with Crippen LogP contribution in [0.5, 0.6) is 5.75 Å². The summed E-state index contributed by atoms with van der Waals surface area (Å²) in [6.07, 6.45) is 1.17. The molecule has 5 nitrogen and oxygen atoms in total. The Morgan fingerprint density at radius 1 is 1.20 bits per heavy atom. The second-order valence-corrected chi connectivity index (χ2v) is 7.51.